The number of morpholine rings is 1. The molecule has 110 valence electrons. The van der Waals surface area contributed by atoms with Crippen LogP contribution in [0.3, 0.4) is 0 Å². The summed E-state index contributed by atoms with van der Waals surface area (Å²) in [6, 6.07) is 6.89. The smallest absolute Gasteiger partial charge is 0.260 e. The maximum absolute atomic E-state index is 12.1. The highest BCUT2D eigenvalue weighted by molar-refractivity contribution is 5.78. The molecule has 1 heterocycles. The van der Waals surface area contributed by atoms with Crippen LogP contribution in [0, 0.1) is 0 Å². The van der Waals surface area contributed by atoms with Crippen LogP contribution in [-0.4, -0.2) is 54.4 Å². The van der Waals surface area contributed by atoms with Gasteiger partial charge in [-0.2, -0.15) is 0 Å². The zero-order chi connectivity index (χ0) is 14.5. The van der Waals surface area contributed by atoms with Crippen LogP contribution < -0.4 is 10.5 Å². The third kappa shape index (κ3) is 3.85. The number of carbonyl (C=O) groups is 1. The largest absolute Gasteiger partial charge is 0.484 e. The fourth-order valence-electron chi connectivity index (χ4n) is 2.15. The molecule has 2 atom stereocenters. The van der Waals surface area contributed by atoms with Gasteiger partial charge in [-0.1, -0.05) is 0 Å². The molecule has 1 aromatic carbocycles. The zero-order valence-corrected chi connectivity index (χ0v) is 11.5. The van der Waals surface area contributed by atoms with Crippen LogP contribution in [0.25, 0.3) is 0 Å². The first-order valence-corrected chi connectivity index (χ1v) is 6.61. The van der Waals surface area contributed by atoms with Crippen LogP contribution in [0.2, 0.25) is 0 Å². The SMILES string of the molecule is CC1CN(C(=O)COc2ccc(N)cc2)CC(CO)O1. The molecule has 0 radical (unpaired) electrons. The minimum Gasteiger partial charge on any atom is -0.484 e. The summed E-state index contributed by atoms with van der Waals surface area (Å²) in [5.74, 6) is 0.489. The van der Waals surface area contributed by atoms with Gasteiger partial charge < -0.3 is 25.2 Å². The van der Waals surface area contributed by atoms with E-state index in [-0.39, 0.29) is 31.3 Å². The van der Waals surface area contributed by atoms with Crippen molar-refractivity contribution < 1.29 is 19.4 Å². The number of ether oxygens (including phenoxy) is 2. The molecule has 1 amide bonds. The van der Waals surface area contributed by atoms with E-state index in [0.717, 1.165) is 0 Å². The summed E-state index contributed by atoms with van der Waals surface area (Å²) in [7, 11) is 0. The van der Waals surface area contributed by atoms with Gasteiger partial charge in [0.25, 0.3) is 5.91 Å². The first kappa shape index (κ1) is 14.6. The number of hydrogen-bond acceptors (Lipinski definition) is 5. The number of anilines is 1. The fraction of sp³-hybridized carbons (Fsp3) is 0.500. The predicted molar refractivity (Wildman–Crippen MR) is 74.4 cm³/mol. The van der Waals surface area contributed by atoms with Crippen molar-refractivity contribution in [2.24, 2.45) is 0 Å². The standard InChI is InChI=1S/C14H20N2O4/c1-10-6-16(7-13(8-17)20-10)14(18)9-19-12-4-2-11(15)3-5-12/h2-5,10,13,17H,6-9,15H2,1H3. The van der Waals surface area contributed by atoms with E-state index in [4.69, 9.17) is 20.3 Å². The molecular formula is C14H20N2O4. The summed E-state index contributed by atoms with van der Waals surface area (Å²) in [6.07, 6.45) is -0.402. The molecule has 2 rings (SSSR count). The van der Waals surface area contributed by atoms with Gasteiger partial charge in [0.1, 0.15) is 5.75 Å². The second-order valence-corrected chi connectivity index (χ2v) is 4.91. The van der Waals surface area contributed by atoms with E-state index in [9.17, 15) is 4.79 Å². The van der Waals surface area contributed by atoms with Gasteiger partial charge in [-0.3, -0.25) is 4.79 Å². The van der Waals surface area contributed by atoms with Crippen LogP contribution >= 0.6 is 0 Å². The molecule has 2 unspecified atom stereocenters. The average molecular weight is 280 g/mol. The van der Waals surface area contributed by atoms with E-state index in [1.165, 1.54) is 0 Å². The molecule has 0 aromatic heterocycles. The van der Waals surface area contributed by atoms with E-state index in [1.807, 2.05) is 6.92 Å². The number of nitrogen functional groups attached to an aromatic ring is 1. The number of nitrogens with zero attached hydrogens (tertiary/aromatic N) is 1. The number of aliphatic hydroxyl groups excluding tert-OH is 1. The van der Waals surface area contributed by atoms with E-state index in [1.54, 1.807) is 29.2 Å². The Morgan fingerprint density at radius 2 is 2.15 bits per heavy atom. The third-order valence-electron chi connectivity index (χ3n) is 3.13. The molecular weight excluding hydrogens is 260 g/mol. The minimum absolute atomic E-state index is 0.0329. The zero-order valence-electron chi connectivity index (χ0n) is 11.5. The lowest BCUT2D eigenvalue weighted by Crippen LogP contribution is -2.51. The monoisotopic (exact) mass is 280 g/mol. The fourth-order valence-corrected chi connectivity index (χ4v) is 2.15. The first-order chi connectivity index (χ1) is 9.58. The van der Waals surface area contributed by atoms with Gasteiger partial charge in [-0.15, -0.1) is 0 Å². The highest BCUT2D eigenvalue weighted by Crippen LogP contribution is 2.14. The molecule has 1 aromatic rings. The number of nitrogens with two attached hydrogens (primary N) is 1. The van der Waals surface area contributed by atoms with Gasteiger partial charge in [0, 0.05) is 18.8 Å². The molecule has 1 aliphatic heterocycles. The van der Waals surface area contributed by atoms with Crippen LogP contribution in [0.1, 0.15) is 6.92 Å². The Hall–Kier alpha value is -1.79. The summed E-state index contributed by atoms with van der Waals surface area (Å²) in [5.41, 5.74) is 6.23. The van der Waals surface area contributed by atoms with Crippen LogP contribution in [0.4, 0.5) is 5.69 Å². The Morgan fingerprint density at radius 1 is 1.45 bits per heavy atom. The van der Waals surface area contributed by atoms with Crippen LogP contribution in [0.15, 0.2) is 24.3 Å². The number of hydrogen-bond donors (Lipinski definition) is 2. The van der Waals surface area contributed by atoms with Crippen LogP contribution in [-0.2, 0) is 9.53 Å². The molecule has 6 heteroatoms. The van der Waals surface area contributed by atoms with Crippen molar-refractivity contribution in [2.75, 3.05) is 32.0 Å². The Balaban J connectivity index is 1.86. The minimum atomic E-state index is -0.320. The number of amides is 1. The predicted octanol–water partition coefficient (Wildman–Crippen LogP) is 0.256. The average Bonchev–Trinajstić information content (AvgIpc) is 2.45. The lowest BCUT2D eigenvalue weighted by Gasteiger charge is -2.36. The summed E-state index contributed by atoms with van der Waals surface area (Å²) < 4.78 is 10.9. The molecule has 0 bridgehead atoms. The maximum atomic E-state index is 12.1. The molecule has 6 nitrogen and oxygen atoms in total. The van der Waals surface area contributed by atoms with Gasteiger partial charge in [-0.05, 0) is 31.2 Å². The first-order valence-electron chi connectivity index (χ1n) is 6.61. The lowest BCUT2D eigenvalue weighted by atomic mass is 10.2. The lowest BCUT2D eigenvalue weighted by molar-refractivity contribution is -0.149. The van der Waals surface area contributed by atoms with Crippen molar-refractivity contribution in [3.05, 3.63) is 24.3 Å². The Labute approximate surface area is 118 Å². The molecule has 1 aliphatic rings. The summed E-state index contributed by atoms with van der Waals surface area (Å²) in [4.78, 5) is 13.7. The number of aliphatic hydroxyl groups is 1. The van der Waals surface area contributed by atoms with Gasteiger partial charge in [-0.25, -0.2) is 0 Å². The third-order valence-corrected chi connectivity index (χ3v) is 3.13. The van der Waals surface area contributed by atoms with Crippen molar-refractivity contribution in [3.63, 3.8) is 0 Å². The molecule has 0 spiro atoms. The topological polar surface area (TPSA) is 85.0 Å². The van der Waals surface area contributed by atoms with E-state index >= 15 is 0 Å². The molecule has 3 N–H and O–H groups in total. The van der Waals surface area contributed by atoms with Crippen molar-refractivity contribution in [2.45, 2.75) is 19.1 Å². The molecule has 0 saturated carbocycles. The number of rotatable bonds is 4. The quantitative estimate of drug-likeness (QED) is 0.773. The molecule has 0 aliphatic carbocycles. The van der Waals surface area contributed by atoms with E-state index in [2.05, 4.69) is 0 Å². The van der Waals surface area contributed by atoms with Gasteiger partial charge in [0.05, 0.1) is 18.8 Å². The van der Waals surface area contributed by atoms with Crippen molar-refractivity contribution in [1.82, 2.24) is 4.90 Å². The van der Waals surface area contributed by atoms with Crippen molar-refractivity contribution >= 4 is 11.6 Å². The highest BCUT2D eigenvalue weighted by atomic mass is 16.5. The van der Waals surface area contributed by atoms with E-state index in [0.29, 0.717) is 24.5 Å². The second-order valence-electron chi connectivity index (χ2n) is 4.91. The number of benzene rings is 1. The summed E-state index contributed by atoms with van der Waals surface area (Å²) in [6.45, 7) is 2.66. The summed E-state index contributed by atoms with van der Waals surface area (Å²) in [5, 5.41) is 9.14. The molecule has 1 fully saturated rings. The second kappa shape index (κ2) is 6.58. The van der Waals surface area contributed by atoms with Crippen LogP contribution in [0.5, 0.6) is 5.75 Å². The van der Waals surface area contributed by atoms with E-state index < -0.39 is 0 Å². The number of carbonyl (C=O) groups excluding carboxylic acids is 1. The summed E-state index contributed by atoms with van der Waals surface area (Å²) >= 11 is 0. The van der Waals surface area contributed by atoms with Crippen molar-refractivity contribution in [3.8, 4) is 5.75 Å². The molecule has 20 heavy (non-hydrogen) atoms. The Bertz CT molecular complexity index is 449. The van der Waals surface area contributed by atoms with Gasteiger partial charge in [0.15, 0.2) is 6.61 Å². The Morgan fingerprint density at radius 3 is 2.80 bits per heavy atom. The van der Waals surface area contributed by atoms with Crippen molar-refractivity contribution in [1.29, 1.82) is 0 Å². The van der Waals surface area contributed by atoms with Gasteiger partial charge in [0.2, 0.25) is 0 Å². The molecule has 1 saturated heterocycles. The normalized spacial score (nSPS) is 22.6. The maximum Gasteiger partial charge on any atom is 0.260 e. The highest BCUT2D eigenvalue weighted by Gasteiger charge is 2.27. The Kier molecular flexibility index (Phi) is 4.81. The van der Waals surface area contributed by atoms with Gasteiger partial charge >= 0.3 is 0 Å².